The number of ketones is 2. The van der Waals surface area contributed by atoms with Gasteiger partial charge in [0.25, 0.3) is 0 Å². The first-order valence-electron chi connectivity index (χ1n) is 11.6. The summed E-state index contributed by atoms with van der Waals surface area (Å²) in [7, 11) is 0. The molecule has 0 unspecified atom stereocenters. The Bertz CT molecular complexity index is 1340. The number of carbonyl (C=O) groups excluding carboxylic acids is 3. The van der Waals surface area contributed by atoms with Crippen molar-refractivity contribution >= 4 is 40.9 Å². The van der Waals surface area contributed by atoms with Crippen LogP contribution in [0.5, 0.6) is 0 Å². The lowest BCUT2D eigenvalue weighted by Gasteiger charge is -2.27. The van der Waals surface area contributed by atoms with Crippen LogP contribution in [0.4, 0.5) is 11.6 Å². The van der Waals surface area contributed by atoms with Gasteiger partial charge in [-0.2, -0.15) is 0 Å². The minimum atomic E-state index is -0.277. The molecule has 178 valence electrons. The minimum absolute atomic E-state index is 0.107. The first kappa shape index (κ1) is 22.0. The first-order chi connectivity index (χ1) is 17.1. The summed E-state index contributed by atoms with van der Waals surface area (Å²) in [6.45, 7) is 2.86. The van der Waals surface area contributed by atoms with Gasteiger partial charge in [-0.3, -0.25) is 19.0 Å². The first-order valence-corrected chi connectivity index (χ1v) is 12.6. The van der Waals surface area contributed by atoms with Gasteiger partial charge in [-0.25, -0.2) is 0 Å². The van der Waals surface area contributed by atoms with E-state index in [1.54, 1.807) is 42.5 Å². The topological polar surface area (TPSA) is 106 Å². The van der Waals surface area contributed by atoms with E-state index < -0.39 is 0 Å². The van der Waals surface area contributed by atoms with E-state index >= 15 is 0 Å². The maximum atomic E-state index is 13.2. The molecular formula is C25H23N5O4S. The van der Waals surface area contributed by atoms with Gasteiger partial charge in [-0.15, -0.1) is 10.2 Å². The quantitative estimate of drug-likeness (QED) is 0.412. The molecule has 10 heteroatoms. The smallest absolute Gasteiger partial charge is 0.234 e. The van der Waals surface area contributed by atoms with Crippen LogP contribution in [0.2, 0.25) is 0 Å². The summed E-state index contributed by atoms with van der Waals surface area (Å²) in [6.07, 6.45) is 2.14. The fraction of sp³-hybridized carbons (Fsp3) is 0.320. The van der Waals surface area contributed by atoms with Crippen LogP contribution in [-0.2, 0) is 9.53 Å². The second-order valence-electron chi connectivity index (χ2n) is 8.75. The maximum Gasteiger partial charge on any atom is 0.234 e. The molecule has 1 aromatic heterocycles. The zero-order chi connectivity index (χ0) is 23.9. The van der Waals surface area contributed by atoms with E-state index in [2.05, 4.69) is 25.0 Å². The largest absolute Gasteiger partial charge is 0.378 e. The van der Waals surface area contributed by atoms with Gasteiger partial charge in [0.15, 0.2) is 16.7 Å². The van der Waals surface area contributed by atoms with E-state index in [4.69, 9.17) is 4.74 Å². The number of nitrogens with one attached hydrogen (secondary N) is 1. The Morgan fingerprint density at radius 2 is 1.69 bits per heavy atom. The van der Waals surface area contributed by atoms with Crippen molar-refractivity contribution in [3.63, 3.8) is 0 Å². The highest BCUT2D eigenvalue weighted by atomic mass is 32.2. The van der Waals surface area contributed by atoms with Crippen LogP contribution >= 0.6 is 11.8 Å². The molecule has 6 rings (SSSR count). The molecule has 1 saturated carbocycles. The number of amides is 1. The summed E-state index contributed by atoms with van der Waals surface area (Å²) in [6, 6.07) is 12.1. The molecule has 0 spiro atoms. The normalized spacial score (nSPS) is 17.2. The third-order valence-electron chi connectivity index (χ3n) is 6.41. The number of ether oxygens (including phenoxy) is 1. The summed E-state index contributed by atoms with van der Waals surface area (Å²) in [5.74, 6) is 0.187. The lowest BCUT2D eigenvalue weighted by atomic mass is 9.83. The number of benzene rings is 2. The lowest BCUT2D eigenvalue weighted by Crippen LogP contribution is -2.38. The average Bonchev–Trinajstić information content (AvgIpc) is 3.65. The van der Waals surface area contributed by atoms with Gasteiger partial charge >= 0.3 is 0 Å². The predicted octanol–water partition coefficient (Wildman–Crippen LogP) is 2.96. The fourth-order valence-corrected chi connectivity index (χ4v) is 5.37. The molecule has 3 aromatic rings. The second kappa shape index (κ2) is 8.94. The van der Waals surface area contributed by atoms with Crippen LogP contribution in [0, 0.1) is 0 Å². The van der Waals surface area contributed by atoms with E-state index in [1.165, 1.54) is 11.8 Å². The molecule has 0 radical (unpaired) electrons. The number of anilines is 2. The molecule has 35 heavy (non-hydrogen) atoms. The minimum Gasteiger partial charge on any atom is -0.378 e. The lowest BCUT2D eigenvalue weighted by molar-refractivity contribution is -0.113. The van der Waals surface area contributed by atoms with Gasteiger partial charge in [0.05, 0.1) is 30.2 Å². The highest BCUT2D eigenvalue weighted by molar-refractivity contribution is 7.99. The van der Waals surface area contributed by atoms with Crippen molar-refractivity contribution in [1.82, 2.24) is 14.8 Å². The Morgan fingerprint density at radius 1 is 0.971 bits per heavy atom. The summed E-state index contributed by atoms with van der Waals surface area (Å²) in [5, 5.41) is 12.3. The number of fused-ring (bicyclic) bond motifs is 2. The highest BCUT2D eigenvalue weighted by Gasteiger charge is 2.33. The molecule has 9 nitrogen and oxygen atoms in total. The van der Waals surface area contributed by atoms with Crippen molar-refractivity contribution in [1.29, 1.82) is 0 Å². The van der Waals surface area contributed by atoms with Crippen LogP contribution in [0.25, 0.3) is 0 Å². The van der Waals surface area contributed by atoms with Gasteiger partial charge in [-0.1, -0.05) is 48.2 Å². The van der Waals surface area contributed by atoms with Gasteiger partial charge in [0, 0.05) is 35.8 Å². The molecule has 2 fully saturated rings. The van der Waals surface area contributed by atoms with Crippen LogP contribution in [-0.4, -0.2) is 64.3 Å². The van der Waals surface area contributed by atoms with Gasteiger partial charge in [0.1, 0.15) is 0 Å². The molecule has 0 atom stereocenters. The number of morpholine rings is 1. The standard InChI is InChI=1S/C25H23N5O4S/c31-20(14-35-25-28-27-24(30(25)15-8-9-15)29-10-12-34-13-11-29)26-19-7-3-6-18-21(19)23(33)17-5-2-1-4-16(17)22(18)32/h1-7,15H,8-14H2,(H,26,31). The molecule has 0 bridgehead atoms. The molecule has 2 aromatic carbocycles. The number of thioether (sulfide) groups is 1. The van der Waals surface area contributed by atoms with Gasteiger partial charge in [-0.05, 0) is 18.9 Å². The van der Waals surface area contributed by atoms with E-state index in [0.29, 0.717) is 46.8 Å². The number of aromatic nitrogens is 3. The van der Waals surface area contributed by atoms with Crippen molar-refractivity contribution in [2.45, 2.75) is 24.0 Å². The summed E-state index contributed by atoms with van der Waals surface area (Å²) >= 11 is 1.32. The zero-order valence-electron chi connectivity index (χ0n) is 18.9. The molecule has 1 saturated heterocycles. The van der Waals surface area contributed by atoms with Crippen molar-refractivity contribution in [3.05, 3.63) is 64.7 Å². The summed E-state index contributed by atoms with van der Waals surface area (Å²) in [4.78, 5) is 41.2. The monoisotopic (exact) mass is 489 g/mol. The Labute approximate surface area is 205 Å². The van der Waals surface area contributed by atoms with E-state index in [0.717, 1.165) is 31.9 Å². The average molecular weight is 490 g/mol. The number of nitrogens with zero attached hydrogens (tertiary/aromatic N) is 4. The van der Waals surface area contributed by atoms with Crippen molar-refractivity contribution in [2.75, 3.05) is 42.3 Å². The Hall–Kier alpha value is -3.50. The molecular weight excluding hydrogens is 466 g/mol. The summed E-state index contributed by atoms with van der Waals surface area (Å²) < 4.78 is 7.58. The molecule has 2 aliphatic carbocycles. The van der Waals surface area contributed by atoms with Crippen molar-refractivity contribution in [3.8, 4) is 0 Å². The van der Waals surface area contributed by atoms with Gasteiger partial charge < -0.3 is 15.0 Å². The Balaban J connectivity index is 1.20. The van der Waals surface area contributed by atoms with E-state index in [1.807, 2.05) is 0 Å². The van der Waals surface area contributed by atoms with Crippen LogP contribution in [0.15, 0.2) is 47.6 Å². The number of hydrogen-bond acceptors (Lipinski definition) is 8. The Morgan fingerprint density at radius 3 is 2.43 bits per heavy atom. The SMILES string of the molecule is O=C(CSc1nnc(N2CCOCC2)n1C1CC1)Nc1cccc2c1C(=O)c1ccccc1C2=O. The van der Waals surface area contributed by atoms with Crippen LogP contribution in [0.1, 0.15) is 50.7 Å². The van der Waals surface area contributed by atoms with Gasteiger partial charge in [0.2, 0.25) is 11.9 Å². The van der Waals surface area contributed by atoms with E-state index in [-0.39, 0.29) is 28.8 Å². The predicted molar refractivity (Wildman–Crippen MR) is 130 cm³/mol. The van der Waals surface area contributed by atoms with Crippen molar-refractivity contribution < 1.29 is 19.1 Å². The van der Waals surface area contributed by atoms with Crippen LogP contribution in [0.3, 0.4) is 0 Å². The maximum absolute atomic E-state index is 13.2. The molecule has 1 amide bonds. The Kier molecular flexibility index (Phi) is 5.62. The molecule has 2 heterocycles. The van der Waals surface area contributed by atoms with E-state index in [9.17, 15) is 14.4 Å². The second-order valence-corrected chi connectivity index (χ2v) is 9.69. The summed E-state index contributed by atoms with van der Waals surface area (Å²) in [5.41, 5.74) is 1.64. The molecule has 1 N–H and O–H groups in total. The zero-order valence-corrected chi connectivity index (χ0v) is 19.7. The highest BCUT2D eigenvalue weighted by Crippen LogP contribution is 2.41. The van der Waals surface area contributed by atoms with Crippen LogP contribution < -0.4 is 10.2 Å². The third kappa shape index (κ3) is 4.02. The number of carbonyl (C=O) groups is 3. The van der Waals surface area contributed by atoms with Crippen molar-refractivity contribution in [2.24, 2.45) is 0 Å². The molecule has 3 aliphatic rings. The number of rotatable bonds is 6. The third-order valence-corrected chi connectivity index (χ3v) is 7.35. The number of hydrogen-bond donors (Lipinski definition) is 1. The fourth-order valence-electron chi connectivity index (χ4n) is 4.56. The molecule has 1 aliphatic heterocycles.